The number of hydrogen-bond donors (Lipinski definition) is 0. The molecule has 1 heterocycles. The normalized spacial score (nSPS) is 16.7. The maximum absolute atomic E-state index is 13.4. The topological polar surface area (TPSA) is 40.6 Å². The maximum atomic E-state index is 13.4. The lowest BCUT2D eigenvalue weighted by Crippen LogP contribution is -2.36. The third-order valence-corrected chi connectivity index (χ3v) is 9.10. The molecule has 3 aromatic rings. The van der Waals surface area contributed by atoms with Crippen LogP contribution in [0.25, 0.3) is 0 Å². The Balaban J connectivity index is 1.48. The molecule has 0 spiro atoms. The van der Waals surface area contributed by atoms with E-state index in [1.165, 1.54) is 35.1 Å². The van der Waals surface area contributed by atoms with Crippen molar-refractivity contribution in [1.29, 1.82) is 0 Å². The third-order valence-electron chi connectivity index (χ3n) is 7.27. The zero-order chi connectivity index (χ0) is 26.5. The summed E-state index contributed by atoms with van der Waals surface area (Å²) in [5, 5.41) is 0. The number of likely N-dealkylation sites (tertiary alicyclic amines) is 1. The predicted octanol–water partition coefficient (Wildman–Crippen LogP) is 6.38. The van der Waals surface area contributed by atoms with Gasteiger partial charge in [-0.1, -0.05) is 66.7 Å². The van der Waals surface area contributed by atoms with Crippen LogP contribution in [0.2, 0.25) is 0 Å². The van der Waals surface area contributed by atoms with Crippen LogP contribution >= 0.6 is 0 Å². The van der Waals surface area contributed by atoms with Gasteiger partial charge in [0.25, 0.3) is 0 Å². The van der Waals surface area contributed by atoms with E-state index >= 15 is 0 Å². The highest BCUT2D eigenvalue weighted by molar-refractivity contribution is 7.89. The number of halogens is 3. The zero-order valence-electron chi connectivity index (χ0n) is 20.9. The lowest BCUT2D eigenvalue weighted by Gasteiger charge is -2.33. The van der Waals surface area contributed by atoms with Crippen LogP contribution in [-0.4, -0.2) is 50.8 Å². The van der Waals surface area contributed by atoms with E-state index in [0.29, 0.717) is 24.4 Å². The van der Waals surface area contributed by atoms with Gasteiger partial charge < -0.3 is 4.90 Å². The van der Waals surface area contributed by atoms with Crippen LogP contribution in [0.15, 0.2) is 89.8 Å². The SMILES string of the molecule is CN(C[C@H](CCN1CCC(c2ccccc2)CC1)c1cccc(C(F)(F)F)c1)S(=O)(=O)c1ccccc1. The molecule has 1 aliphatic rings. The molecule has 0 aliphatic carbocycles. The average Bonchev–Trinajstić information content (AvgIpc) is 2.91. The fourth-order valence-corrected chi connectivity index (χ4v) is 6.30. The van der Waals surface area contributed by atoms with E-state index in [1.54, 1.807) is 24.3 Å². The van der Waals surface area contributed by atoms with Gasteiger partial charge in [-0.15, -0.1) is 0 Å². The van der Waals surface area contributed by atoms with E-state index in [1.807, 2.05) is 6.07 Å². The lowest BCUT2D eigenvalue weighted by atomic mass is 9.89. The van der Waals surface area contributed by atoms with Crippen molar-refractivity contribution in [2.45, 2.75) is 42.2 Å². The third kappa shape index (κ3) is 7.00. The average molecular weight is 531 g/mol. The van der Waals surface area contributed by atoms with Gasteiger partial charge in [0.15, 0.2) is 0 Å². The highest BCUT2D eigenvalue weighted by atomic mass is 32.2. The Kier molecular flexibility index (Phi) is 8.72. The number of rotatable bonds is 9. The summed E-state index contributed by atoms with van der Waals surface area (Å²) in [7, 11) is -2.27. The first-order valence-corrected chi connectivity index (χ1v) is 14.0. The Morgan fingerprint density at radius 2 is 1.54 bits per heavy atom. The van der Waals surface area contributed by atoms with E-state index in [9.17, 15) is 21.6 Å². The number of likely N-dealkylation sites (N-methyl/N-ethyl adjacent to an activating group) is 1. The molecule has 0 radical (unpaired) electrons. The molecule has 1 aliphatic heterocycles. The number of benzene rings is 3. The summed E-state index contributed by atoms with van der Waals surface area (Å²) in [5.41, 5.74) is 1.13. The first kappa shape index (κ1) is 27.4. The number of alkyl halides is 3. The standard InChI is InChI=1S/C29H33F3N2O2S/c1-33(37(35,36)28-13-6-3-7-14-28)22-26(25-11-8-12-27(21-25)29(30,31)32)17-20-34-18-15-24(16-19-34)23-9-4-2-5-10-23/h2-14,21,24,26H,15-20,22H2,1H3/t26-/m0/s1. The van der Waals surface area contributed by atoms with Crippen LogP contribution in [0.5, 0.6) is 0 Å². The van der Waals surface area contributed by atoms with Crippen LogP contribution in [0.1, 0.15) is 47.8 Å². The van der Waals surface area contributed by atoms with Crippen LogP contribution in [0.4, 0.5) is 13.2 Å². The van der Waals surface area contributed by atoms with Gasteiger partial charge in [0.05, 0.1) is 10.5 Å². The van der Waals surface area contributed by atoms with Crippen molar-refractivity contribution in [3.8, 4) is 0 Å². The summed E-state index contributed by atoms with van der Waals surface area (Å²) < 4.78 is 67.9. The summed E-state index contributed by atoms with van der Waals surface area (Å²) in [5.74, 6) is 0.136. The van der Waals surface area contributed by atoms with E-state index < -0.39 is 21.8 Å². The molecule has 4 rings (SSSR count). The first-order valence-electron chi connectivity index (χ1n) is 12.6. The molecule has 1 saturated heterocycles. The van der Waals surface area contributed by atoms with Crippen molar-refractivity contribution in [3.05, 3.63) is 102 Å². The Morgan fingerprint density at radius 3 is 2.16 bits per heavy atom. The van der Waals surface area contributed by atoms with Crippen LogP contribution in [-0.2, 0) is 16.2 Å². The Morgan fingerprint density at radius 1 is 0.919 bits per heavy atom. The number of hydrogen-bond acceptors (Lipinski definition) is 3. The fraction of sp³-hybridized carbons (Fsp3) is 0.379. The van der Waals surface area contributed by atoms with Crippen molar-refractivity contribution in [2.24, 2.45) is 0 Å². The molecule has 0 bridgehead atoms. The van der Waals surface area contributed by atoms with E-state index in [0.717, 1.165) is 38.1 Å². The number of piperidine rings is 1. The molecule has 1 atom stereocenters. The molecule has 0 N–H and O–H groups in total. The Hall–Kier alpha value is -2.68. The van der Waals surface area contributed by atoms with E-state index in [2.05, 4.69) is 29.2 Å². The molecular formula is C29H33F3N2O2S. The summed E-state index contributed by atoms with van der Waals surface area (Å²) >= 11 is 0. The minimum Gasteiger partial charge on any atom is -0.303 e. The van der Waals surface area contributed by atoms with Gasteiger partial charge in [-0.2, -0.15) is 13.2 Å². The quantitative estimate of drug-likeness (QED) is 0.322. The minimum absolute atomic E-state index is 0.0962. The Bertz CT molecular complexity index is 1240. The molecular weight excluding hydrogens is 497 g/mol. The van der Waals surface area contributed by atoms with Gasteiger partial charge in [-0.25, -0.2) is 12.7 Å². The molecule has 4 nitrogen and oxygen atoms in total. The van der Waals surface area contributed by atoms with Gasteiger partial charge in [0.2, 0.25) is 10.0 Å². The maximum Gasteiger partial charge on any atom is 0.416 e. The monoisotopic (exact) mass is 530 g/mol. The molecule has 0 aromatic heterocycles. The Labute approximate surface area is 217 Å². The second-order valence-corrected chi connectivity index (χ2v) is 11.8. The van der Waals surface area contributed by atoms with Gasteiger partial charge in [0, 0.05) is 13.6 Å². The predicted molar refractivity (Wildman–Crippen MR) is 140 cm³/mol. The summed E-state index contributed by atoms with van der Waals surface area (Å²) in [6.07, 6.45) is -1.84. The van der Waals surface area contributed by atoms with Crippen molar-refractivity contribution in [1.82, 2.24) is 9.21 Å². The zero-order valence-corrected chi connectivity index (χ0v) is 21.8. The van der Waals surface area contributed by atoms with Gasteiger partial charge in [-0.3, -0.25) is 0 Å². The summed E-state index contributed by atoms with van der Waals surface area (Å²) in [4.78, 5) is 2.51. The molecule has 1 fully saturated rings. The number of nitrogens with zero attached hydrogens (tertiary/aromatic N) is 2. The van der Waals surface area contributed by atoms with Gasteiger partial charge >= 0.3 is 6.18 Å². The van der Waals surface area contributed by atoms with Gasteiger partial charge in [0.1, 0.15) is 0 Å². The van der Waals surface area contributed by atoms with Crippen molar-refractivity contribution in [2.75, 3.05) is 33.2 Å². The van der Waals surface area contributed by atoms with Crippen molar-refractivity contribution < 1.29 is 21.6 Å². The van der Waals surface area contributed by atoms with Crippen LogP contribution < -0.4 is 0 Å². The van der Waals surface area contributed by atoms with Crippen LogP contribution in [0, 0.1) is 0 Å². The van der Waals surface area contributed by atoms with E-state index in [4.69, 9.17) is 0 Å². The van der Waals surface area contributed by atoms with Gasteiger partial charge in [-0.05, 0) is 80.1 Å². The smallest absolute Gasteiger partial charge is 0.303 e. The lowest BCUT2D eigenvalue weighted by molar-refractivity contribution is -0.137. The van der Waals surface area contributed by atoms with E-state index in [-0.39, 0.29) is 17.4 Å². The fourth-order valence-electron chi connectivity index (χ4n) is 5.07. The summed E-state index contributed by atoms with van der Waals surface area (Å²) in [6, 6.07) is 23.9. The molecule has 8 heteroatoms. The number of sulfonamides is 1. The summed E-state index contributed by atoms with van der Waals surface area (Å²) in [6.45, 7) is 2.61. The van der Waals surface area contributed by atoms with Crippen molar-refractivity contribution in [3.63, 3.8) is 0 Å². The highest BCUT2D eigenvalue weighted by Crippen LogP contribution is 2.33. The molecule has 0 unspecified atom stereocenters. The molecule has 37 heavy (non-hydrogen) atoms. The van der Waals surface area contributed by atoms with Crippen LogP contribution in [0.3, 0.4) is 0 Å². The largest absolute Gasteiger partial charge is 0.416 e. The molecule has 3 aromatic carbocycles. The second-order valence-electron chi connectivity index (χ2n) is 9.73. The highest BCUT2D eigenvalue weighted by Gasteiger charge is 2.32. The molecule has 198 valence electrons. The molecule has 0 amide bonds. The second kappa shape index (κ2) is 11.8. The molecule has 0 saturated carbocycles. The minimum atomic E-state index is -4.46. The first-order chi connectivity index (χ1) is 17.6. The van der Waals surface area contributed by atoms with Crippen molar-refractivity contribution >= 4 is 10.0 Å².